The van der Waals surface area contributed by atoms with Crippen molar-refractivity contribution in [1.82, 2.24) is 4.90 Å². The number of hydrogen-bond acceptors (Lipinski definition) is 3. The van der Waals surface area contributed by atoms with Gasteiger partial charge in [-0.2, -0.15) is 0 Å². The summed E-state index contributed by atoms with van der Waals surface area (Å²) in [5.41, 5.74) is -0.451. The van der Waals surface area contributed by atoms with E-state index >= 15 is 0 Å². The third-order valence-electron chi connectivity index (χ3n) is 3.65. The largest absolute Gasteiger partial charge is 0.444 e. The van der Waals surface area contributed by atoms with Crippen LogP contribution < -0.4 is 0 Å². The van der Waals surface area contributed by atoms with E-state index in [-0.39, 0.29) is 18.1 Å². The zero-order chi connectivity index (χ0) is 14.7. The lowest BCUT2D eigenvalue weighted by molar-refractivity contribution is -0.00567. The van der Waals surface area contributed by atoms with Gasteiger partial charge in [-0.25, -0.2) is 4.79 Å². The molecule has 0 aromatic carbocycles. The standard InChI is InChI=1S/C15H29NO3/c1-12(2)10-15(11-17)6-8-16(9-7-15)13(18)19-14(3,4)5/h12,17H,6-11H2,1-5H3. The molecule has 0 radical (unpaired) electrons. The third-order valence-corrected chi connectivity index (χ3v) is 3.65. The highest BCUT2D eigenvalue weighted by Gasteiger charge is 2.36. The first-order valence-corrected chi connectivity index (χ1v) is 7.26. The van der Waals surface area contributed by atoms with Crippen LogP contribution in [0.2, 0.25) is 0 Å². The summed E-state index contributed by atoms with van der Waals surface area (Å²) < 4.78 is 5.38. The first kappa shape index (κ1) is 16.3. The molecule has 1 rings (SSSR count). The second kappa shape index (κ2) is 6.12. The van der Waals surface area contributed by atoms with Crippen molar-refractivity contribution >= 4 is 6.09 Å². The van der Waals surface area contributed by atoms with Crippen LogP contribution >= 0.6 is 0 Å². The molecule has 1 N–H and O–H groups in total. The maximum absolute atomic E-state index is 12.0. The molecule has 1 fully saturated rings. The molecule has 0 saturated carbocycles. The minimum absolute atomic E-state index is 0.00726. The number of aliphatic hydroxyl groups excluding tert-OH is 1. The number of carbonyl (C=O) groups excluding carboxylic acids is 1. The van der Waals surface area contributed by atoms with Crippen molar-refractivity contribution < 1.29 is 14.6 Å². The van der Waals surface area contributed by atoms with Gasteiger partial charge < -0.3 is 14.7 Å². The SMILES string of the molecule is CC(C)CC1(CO)CCN(C(=O)OC(C)(C)C)CC1. The Bertz CT molecular complexity index is 299. The molecule has 0 unspecified atom stereocenters. The van der Waals surface area contributed by atoms with Gasteiger partial charge in [-0.1, -0.05) is 13.8 Å². The Balaban J connectivity index is 2.54. The van der Waals surface area contributed by atoms with Gasteiger partial charge in [-0.15, -0.1) is 0 Å². The van der Waals surface area contributed by atoms with Crippen molar-refractivity contribution in [3.8, 4) is 0 Å². The summed E-state index contributed by atoms with van der Waals surface area (Å²) in [5.74, 6) is 0.570. The molecule has 1 aliphatic heterocycles. The van der Waals surface area contributed by atoms with E-state index in [0.29, 0.717) is 19.0 Å². The van der Waals surface area contributed by atoms with Crippen molar-refractivity contribution in [3.63, 3.8) is 0 Å². The third kappa shape index (κ3) is 5.01. The van der Waals surface area contributed by atoms with Gasteiger partial charge in [-0.05, 0) is 51.4 Å². The fourth-order valence-electron chi connectivity index (χ4n) is 2.78. The molecular weight excluding hydrogens is 242 g/mol. The fraction of sp³-hybridized carbons (Fsp3) is 0.933. The summed E-state index contributed by atoms with van der Waals surface area (Å²) in [6.07, 6.45) is 2.51. The predicted molar refractivity (Wildman–Crippen MR) is 76.0 cm³/mol. The van der Waals surface area contributed by atoms with Gasteiger partial charge in [-0.3, -0.25) is 0 Å². The van der Waals surface area contributed by atoms with Gasteiger partial charge in [0.25, 0.3) is 0 Å². The zero-order valence-corrected chi connectivity index (χ0v) is 13.0. The van der Waals surface area contributed by atoms with Crippen LogP contribution in [-0.2, 0) is 4.74 Å². The minimum Gasteiger partial charge on any atom is -0.444 e. The van der Waals surface area contributed by atoms with E-state index < -0.39 is 5.60 Å². The molecule has 1 amide bonds. The Morgan fingerprint density at radius 2 is 1.84 bits per heavy atom. The molecular formula is C15H29NO3. The number of likely N-dealkylation sites (tertiary alicyclic amines) is 1. The smallest absolute Gasteiger partial charge is 0.410 e. The monoisotopic (exact) mass is 271 g/mol. The van der Waals surface area contributed by atoms with Crippen molar-refractivity contribution in [2.75, 3.05) is 19.7 Å². The summed E-state index contributed by atoms with van der Waals surface area (Å²) in [4.78, 5) is 13.7. The highest BCUT2D eigenvalue weighted by Crippen LogP contribution is 2.37. The van der Waals surface area contributed by atoms with Crippen LogP contribution in [0.4, 0.5) is 4.79 Å². The minimum atomic E-state index is -0.444. The average molecular weight is 271 g/mol. The van der Waals surface area contributed by atoms with Crippen LogP contribution in [0.3, 0.4) is 0 Å². The average Bonchev–Trinajstić information content (AvgIpc) is 2.26. The zero-order valence-electron chi connectivity index (χ0n) is 13.0. The van der Waals surface area contributed by atoms with Crippen LogP contribution in [0.15, 0.2) is 0 Å². The second-order valence-corrected chi connectivity index (χ2v) is 7.22. The van der Waals surface area contributed by atoms with Crippen LogP contribution in [0.1, 0.15) is 53.9 Å². The highest BCUT2D eigenvalue weighted by atomic mass is 16.6. The Morgan fingerprint density at radius 1 is 1.32 bits per heavy atom. The molecule has 0 aliphatic carbocycles. The maximum atomic E-state index is 12.0. The lowest BCUT2D eigenvalue weighted by Gasteiger charge is -2.41. The molecule has 0 spiro atoms. The van der Waals surface area contributed by atoms with E-state index in [4.69, 9.17) is 4.74 Å². The highest BCUT2D eigenvalue weighted by molar-refractivity contribution is 5.68. The van der Waals surface area contributed by atoms with Crippen LogP contribution in [0.5, 0.6) is 0 Å². The normalized spacial score (nSPS) is 19.6. The number of piperidine rings is 1. The molecule has 0 aromatic rings. The Morgan fingerprint density at radius 3 is 2.21 bits per heavy atom. The number of amides is 1. The van der Waals surface area contributed by atoms with E-state index in [1.54, 1.807) is 4.90 Å². The summed E-state index contributed by atoms with van der Waals surface area (Å²) in [6.45, 7) is 11.6. The van der Waals surface area contributed by atoms with Crippen LogP contribution in [-0.4, -0.2) is 41.4 Å². The molecule has 1 aliphatic rings. The van der Waals surface area contributed by atoms with Crippen molar-refractivity contribution in [1.29, 1.82) is 0 Å². The van der Waals surface area contributed by atoms with Gasteiger partial charge in [0.2, 0.25) is 0 Å². The van der Waals surface area contributed by atoms with Crippen molar-refractivity contribution in [2.45, 2.75) is 59.5 Å². The molecule has 1 saturated heterocycles. The first-order chi connectivity index (χ1) is 8.67. The molecule has 0 atom stereocenters. The van der Waals surface area contributed by atoms with E-state index in [1.807, 2.05) is 20.8 Å². The van der Waals surface area contributed by atoms with Gasteiger partial charge in [0.05, 0.1) is 0 Å². The Labute approximate surface area is 117 Å². The second-order valence-electron chi connectivity index (χ2n) is 7.22. The fourth-order valence-corrected chi connectivity index (χ4v) is 2.78. The summed E-state index contributed by atoms with van der Waals surface area (Å²) >= 11 is 0. The number of ether oxygens (including phenoxy) is 1. The van der Waals surface area contributed by atoms with Gasteiger partial charge >= 0.3 is 6.09 Å². The molecule has 0 aromatic heterocycles. The molecule has 4 nitrogen and oxygen atoms in total. The number of rotatable bonds is 3. The van der Waals surface area contributed by atoms with E-state index in [0.717, 1.165) is 19.3 Å². The summed E-state index contributed by atoms with van der Waals surface area (Å²) in [5, 5.41) is 9.67. The molecule has 19 heavy (non-hydrogen) atoms. The van der Waals surface area contributed by atoms with E-state index in [9.17, 15) is 9.90 Å². The Hall–Kier alpha value is -0.770. The maximum Gasteiger partial charge on any atom is 0.410 e. The number of nitrogens with zero attached hydrogens (tertiary/aromatic N) is 1. The lowest BCUT2D eigenvalue weighted by atomic mass is 9.73. The molecule has 0 bridgehead atoms. The summed E-state index contributed by atoms with van der Waals surface area (Å²) in [7, 11) is 0. The Kier molecular flexibility index (Phi) is 5.25. The lowest BCUT2D eigenvalue weighted by Crippen LogP contribution is -2.46. The van der Waals surface area contributed by atoms with Crippen LogP contribution in [0, 0.1) is 11.3 Å². The van der Waals surface area contributed by atoms with Crippen molar-refractivity contribution in [2.24, 2.45) is 11.3 Å². The number of aliphatic hydroxyl groups is 1. The topological polar surface area (TPSA) is 49.8 Å². The van der Waals surface area contributed by atoms with Crippen LogP contribution in [0.25, 0.3) is 0 Å². The number of hydrogen-bond donors (Lipinski definition) is 1. The molecule has 1 heterocycles. The van der Waals surface area contributed by atoms with E-state index in [2.05, 4.69) is 13.8 Å². The number of carbonyl (C=O) groups is 1. The summed E-state index contributed by atoms with van der Waals surface area (Å²) in [6, 6.07) is 0. The van der Waals surface area contributed by atoms with E-state index in [1.165, 1.54) is 0 Å². The molecule has 112 valence electrons. The quantitative estimate of drug-likeness (QED) is 0.858. The van der Waals surface area contributed by atoms with Gasteiger partial charge in [0.1, 0.15) is 5.60 Å². The van der Waals surface area contributed by atoms with Gasteiger partial charge in [0, 0.05) is 19.7 Å². The first-order valence-electron chi connectivity index (χ1n) is 7.26. The molecule has 4 heteroatoms. The predicted octanol–water partition coefficient (Wildman–Crippen LogP) is 3.04. The van der Waals surface area contributed by atoms with Crippen molar-refractivity contribution in [3.05, 3.63) is 0 Å². The van der Waals surface area contributed by atoms with Gasteiger partial charge in [0.15, 0.2) is 0 Å².